The van der Waals surface area contributed by atoms with Gasteiger partial charge in [0.15, 0.2) is 0 Å². The molecular weight excluding hydrogens is 301 g/mol. The normalized spacial score (nSPS) is 21.8. The molecular formula is C17H22FNO4. The summed E-state index contributed by atoms with van der Waals surface area (Å²) in [6.45, 7) is 5.81. The first-order chi connectivity index (χ1) is 10.7. The third-order valence-corrected chi connectivity index (χ3v) is 3.88. The van der Waals surface area contributed by atoms with Gasteiger partial charge in [-0.3, -0.25) is 4.79 Å². The predicted octanol–water partition coefficient (Wildman–Crippen LogP) is 3.25. The molecule has 126 valence electrons. The van der Waals surface area contributed by atoms with Crippen LogP contribution in [-0.2, 0) is 9.53 Å². The SMILES string of the molecule is CC(C)(C)OC(=O)N1CC[C@H](c2ccc(F)cc2)[C@@H](C(=O)O)C1. The maximum absolute atomic E-state index is 13.0. The minimum Gasteiger partial charge on any atom is -0.481 e. The highest BCUT2D eigenvalue weighted by Gasteiger charge is 2.38. The van der Waals surface area contributed by atoms with E-state index < -0.39 is 23.6 Å². The quantitative estimate of drug-likeness (QED) is 0.907. The molecule has 6 heteroatoms. The van der Waals surface area contributed by atoms with Crippen molar-refractivity contribution >= 4 is 12.1 Å². The van der Waals surface area contributed by atoms with Crippen molar-refractivity contribution in [2.75, 3.05) is 13.1 Å². The molecule has 0 spiro atoms. The van der Waals surface area contributed by atoms with Gasteiger partial charge in [0.2, 0.25) is 0 Å². The van der Waals surface area contributed by atoms with Crippen LogP contribution in [0.15, 0.2) is 24.3 Å². The Labute approximate surface area is 135 Å². The molecule has 0 unspecified atom stereocenters. The maximum atomic E-state index is 13.0. The summed E-state index contributed by atoms with van der Waals surface area (Å²) in [5, 5.41) is 9.50. The molecule has 1 aromatic rings. The molecule has 5 nitrogen and oxygen atoms in total. The summed E-state index contributed by atoms with van der Waals surface area (Å²) >= 11 is 0. The lowest BCUT2D eigenvalue weighted by molar-refractivity contribution is -0.144. The van der Waals surface area contributed by atoms with Crippen LogP contribution in [0, 0.1) is 11.7 Å². The third-order valence-electron chi connectivity index (χ3n) is 3.88. The number of carbonyl (C=O) groups is 2. The summed E-state index contributed by atoms with van der Waals surface area (Å²) < 4.78 is 18.4. The first kappa shape index (κ1) is 17.2. The van der Waals surface area contributed by atoms with E-state index in [4.69, 9.17) is 4.74 Å². The number of ether oxygens (including phenoxy) is 1. The zero-order chi connectivity index (χ0) is 17.2. The monoisotopic (exact) mass is 323 g/mol. The van der Waals surface area contributed by atoms with Crippen molar-refractivity contribution in [3.8, 4) is 0 Å². The second-order valence-electron chi connectivity index (χ2n) is 6.82. The number of amides is 1. The van der Waals surface area contributed by atoms with Gasteiger partial charge in [0.25, 0.3) is 0 Å². The highest BCUT2D eigenvalue weighted by atomic mass is 19.1. The molecule has 2 rings (SSSR count). The van der Waals surface area contributed by atoms with Crippen LogP contribution in [0.5, 0.6) is 0 Å². The number of hydrogen-bond acceptors (Lipinski definition) is 3. The molecule has 0 bridgehead atoms. The number of carbonyl (C=O) groups excluding carboxylic acids is 1. The molecule has 1 aromatic carbocycles. The Morgan fingerprint density at radius 2 is 1.87 bits per heavy atom. The molecule has 0 aliphatic carbocycles. The number of piperidine rings is 1. The van der Waals surface area contributed by atoms with E-state index in [1.165, 1.54) is 17.0 Å². The molecule has 1 aliphatic heterocycles. The second-order valence-corrected chi connectivity index (χ2v) is 6.82. The van der Waals surface area contributed by atoms with Crippen molar-refractivity contribution < 1.29 is 23.8 Å². The average Bonchev–Trinajstić information content (AvgIpc) is 2.45. The van der Waals surface area contributed by atoms with E-state index >= 15 is 0 Å². The fraction of sp³-hybridized carbons (Fsp3) is 0.529. The molecule has 0 radical (unpaired) electrons. The van der Waals surface area contributed by atoms with Crippen LogP contribution in [-0.4, -0.2) is 40.8 Å². The van der Waals surface area contributed by atoms with E-state index in [1.54, 1.807) is 32.9 Å². The average molecular weight is 323 g/mol. The number of hydrogen-bond donors (Lipinski definition) is 1. The highest BCUT2D eigenvalue weighted by molar-refractivity contribution is 5.74. The minimum absolute atomic E-state index is 0.0896. The van der Waals surface area contributed by atoms with Gasteiger partial charge in [0.05, 0.1) is 5.92 Å². The topological polar surface area (TPSA) is 66.8 Å². The number of carboxylic acid groups (broad SMARTS) is 1. The van der Waals surface area contributed by atoms with Crippen LogP contribution in [0.2, 0.25) is 0 Å². The number of halogens is 1. The summed E-state index contributed by atoms with van der Waals surface area (Å²) in [6, 6.07) is 5.88. The van der Waals surface area contributed by atoms with Crippen LogP contribution < -0.4 is 0 Å². The number of rotatable bonds is 2. The van der Waals surface area contributed by atoms with Crippen molar-refractivity contribution in [1.29, 1.82) is 0 Å². The number of nitrogens with zero attached hydrogens (tertiary/aromatic N) is 1. The van der Waals surface area contributed by atoms with Crippen LogP contribution in [0.1, 0.15) is 38.7 Å². The Kier molecular flexibility index (Phi) is 4.92. The molecule has 1 amide bonds. The van der Waals surface area contributed by atoms with Crippen LogP contribution in [0.3, 0.4) is 0 Å². The van der Waals surface area contributed by atoms with Gasteiger partial charge in [-0.1, -0.05) is 12.1 Å². The predicted molar refractivity (Wildman–Crippen MR) is 82.7 cm³/mol. The molecule has 2 atom stereocenters. The molecule has 1 aliphatic rings. The van der Waals surface area contributed by atoms with Crippen molar-refractivity contribution in [2.24, 2.45) is 5.92 Å². The standard InChI is InChI=1S/C17H22FNO4/c1-17(2,3)23-16(22)19-9-8-13(14(10-19)15(20)21)11-4-6-12(18)7-5-11/h4-7,13-14H,8-10H2,1-3H3,(H,20,21)/t13-,14+/m1/s1. The van der Waals surface area contributed by atoms with Gasteiger partial charge >= 0.3 is 12.1 Å². The Morgan fingerprint density at radius 1 is 1.26 bits per heavy atom. The Balaban J connectivity index is 2.13. The minimum atomic E-state index is -0.965. The van der Waals surface area contributed by atoms with Crippen molar-refractivity contribution in [3.63, 3.8) is 0 Å². The number of aliphatic carboxylic acids is 1. The van der Waals surface area contributed by atoms with E-state index in [-0.39, 0.29) is 18.3 Å². The van der Waals surface area contributed by atoms with E-state index in [1.807, 2.05) is 0 Å². The van der Waals surface area contributed by atoms with Gasteiger partial charge in [-0.25, -0.2) is 9.18 Å². The lowest BCUT2D eigenvalue weighted by atomic mass is 9.80. The molecule has 1 fully saturated rings. The number of likely N-dealkylation sites (tertiary alicyclic amines) is 1. The molecule has 23 heavy (non-hydrogen) atoms. The maximum Gasteiger partial charge on any atom is 0.410 e. The summed E-state index contributed by atoms with van der Waals surface area (Å²) in [4.78, 5) is 25.2. The van der Waals surface area contributed by atoms with E-state index in [9.17, 15) is 19.1 Å². The van der Waals surface area contributed by atoms with Gasteiger partial charge in [0, 0.05) is 19.0 Å². The summed E-state index contributed by atoms with van der Waals surface area (Å²) in [5.74, 6) is -2.30. The van der Waals surface area contributed by atoms with Gasteiger partial charge in [0.1, 0.15) is 11.4 Å². The van der Waals surface area contributed by atoms with Gasteiger partial charge in [-0.15, -0.1) is 0 Å². The molecule has 0 saturated carbocycles. The van der Waals surface area contributed by atoms with Crippen molar-refractivity contribution in [2.45, 2.75) is 38.7 Å². The Hall–Kier alpha value is -2.11. The summed E-state index contributed by atoms with van der Waals surface area (Å²) in [7, 11) is 0. The molecule has 0 aromatic heterocycles. The van der Waals surface area contributed by atoms with Crippen LogP contribution in [0.4, 0.5) is 9.18 Å². The second kappa shape index (κ2) is 6.56. The lowest BCUT2D eigenvalue weighted by Crippen LogP contribution is -2.47. The molecule has 1 heterocycles. The van der Waals surface area contributed by atoms with Gasteiger partial charge in [-0.05, 0) is 44.9 Å². The highest BCUT2D eigenvalue weighted by Crippen LogP contribution is 2.34. The third kappa shape index (κ3) is 4.43. The van der Waals surface area contributed by atoms with Gasteiger partial charge < -0.3 is 14.7 Å². The number of benzene rings is 1. The Morgan fingerprint density at radius 3 is 2.39 bits per heavy atom. The van der Waals surface area contributed by atoms with E-state index in [0.717, 1.165) is 5.56 Å². The Bertz CT molecular complexity index is 579. The zero-order valence-electron chi connectivity index (χ0n) is 13.6. The zero-order valence-corrected chi connectivity index (χ0v) is 13.6. The van der Waals surface area contributed by atoms with E-state index in [2.05, 4.69) is 0 Å². The molecule has 1 N–H and O–H groups in total. The fourth-order valence-corrected chi connectivity index (χ4v) is 2.80. The summed E-state index contributed by atoms with van der Waals surface area (Å²) in [6.07, 6.45) is 0.00304. The first-order valence-corrected chi connectivity index (χ1v) is 7.63. The lowest BCUT2D eigenvalue weighted by Gasteiger charge is -2.37. The largest absolute Gasteiger partial charge is 0.481 e. The van der Waals surface area contributed by atoms with Gasteiger partial charge in [-0.2, -0.15) is 0 Å². The smallest absolute Gasteiger partial charge is 0.410 e. The molecule has 1 saturated heterocycles. The summed E-state index contributed by atoms with van der Waals surface area (Å²) in [5.41, 5.74) is 0.159. The van der Waals surface area contributed by atoms with Crippen molar-refractivity contribution in [3.05, 3.63) is 35.6 Å². The van der Waals surface area contributed by atoms with Crippen LogP contribution >= 0.6 is 0 Å². The van der Waals surface area contributed by atoms with Crippen molar-refractivity contribution in [1.82, 2.24) is 4.90 Å². The first-order valence-electron chi connectivity index (χ1n) is 7.63. The van der Waals surface area contributed by atoms with Crippen LogP contribution in [0.25, 0.3) is 0 Å². The van der Waals surface area contributed by atoms with E-state index in [0.29, 0.717) is 13.0 Å². The fourth-order valence-electron chi connectivity index (χ4n) is 2.80. The number of carboxylic acids is 1.